The SMILES string of the molecule is Cc1cc(C(F)(F)C(F)(F)c2ccc(O)c(C)c2)ccc1O. The van der Waals surface area contributed by atoms with Gasteiger partial charge in [-0.05, 0) is 61.4 Å². The van der Waals surface area contributed by atoms with Gasteiger partial charge in [-0.1, -0.05) is 0 Å². The van der Waals surface area contributed by atoms with Crippen LogP contribution in [0.2, 0.25) is 0 Å². The average Bonchev–Trinajstić information content (AvgIpc) is 2.44. The molecule has 0 amide bonds. The number of benzene rings is 2. The lowest BCUT2D eigenvalue weighted by Gasteiger charge is -2.28. The molecule has 0 aliphatic rings. The van der Waals surface area contributed by atoms with E-state index in [0.717, 1.165) is 36.4 Å². The zero-order chi connectivity index (χ0) is 16.7. The maximum Gasteiger partial charge on any atom is 0.339 e. The van der Waals surface area contributed by atoms with E-state index in [2.05, 4.69) is 0 Å². The molecule has 0 aliphatic carbocycles. The van der Waals surface area contributed by atoms with Crippen molar-refractivity contribution in [1.82, 2.24) is 0 Å². The molecule has 2 nitrogen and oxygen atoms in total. The summed E-state index contributed by atoms with van der Waals surface area (Å²) < 4.78 is 57.1. The first-order valence-corrected chi connectivity index (χ1v) is 6.43. The van der Waals surface area contributed by atoms with Crippen molar-refractivity contribution in [3.05, 3.63) is 58.7 Å². The summed E-state index contributed by atoms with van der Waals surface area (Å²) in [6.07, 6.45) is 0. The minimum Gasteiger partial charge on any atom is -0.508 e. The molecular weight excluding hydrogens is 300 g/mol. The van der Waals surface area contributed by atoms with Gasteiger partial charge in [-0.2, -0.15) is 17.6 Å². The van der Waals surface area contributed by atoms with Crippen LogP contribution in [0.3, 0.4) is 0 Å². The van der Waals surface area contributed by atoms with Crippen molar-refractivity contribution in [1.29, 1.82) is 0 Å². The molecular formula is C16H14F4O2. The highest BCUT2D eigenvalue weighted by Crippen LogP contribution is 2.50. The molecule has 0 unspecified atom stereocenters. The summed E-state index contributed by atoms with van der Waals surface area (Å²) in [5.41, 5.74) is -1.62. The van der Waals surface area contributed by atoms with Crippen LogP contribution in [0.1, 0.15) is 22.3 Å². The first-order chi connectivity index (χ1) is 10.1. The molecule has 6 heteroatoms. The van der Waals surface area contributed by atoms with E-state index in [1.165, 1.54) is 13.8 Å². The summed E-state index contributed by atoms with van der Waals surface area (Å²) in [6.45, 7) is 2.69. The van der Waals surface area contributed by atoms with Crippen LogP contribution in [0.4, 0.5) is 17.6 Å². The molecule has 0 atom stereocenters. The number of alkyl halides is 4. The van der Waals surface area contributed by atoms with Crippen molar-refractivity contribution in [3.8, 4) is 11.5 Å². The van der Waals surface area contributed by atoms with Crippen LogP contribution < -0.4 is 0 Å². The Balaban J connectivity index is 2.53. The van der Waals surface area contributed by atoms with Crippen molar-refractivity contribution >= 4 is 0 Å². The van der Waals surface area contributed by atoms with E-state index in [0.29, 0.717) is 0 Å². The molecule has 0 fully saturated rings. The second-order valence-corrected chi connectivity index (χ2v) is 5.15. The van der Waals surface area contributed by atoms with Gasteiger partial charge in [0.15, 0.2) is 0 Å². The lowest BCUT2D eigenvalue weighted by molar-refractivity contribution is -0.223. The highest BCUT2D eigenvalue weighted by molar-refractivity contribution is 5.41. The normalized spacial score (nSPS) is 12.5. The minimum atomic E-state index is -4.46. The fourth-order valence-corrected chi connectivity index (χ4v) is 2.06. The van der Waals surface area contributed by atoms with Crippen molar-refractivity contribution in [3.63, 3.8) is 0 Å². The molecule has 22 heavy (non-hydrogen) atoms. The second-order valence-electron chi connectivity index (χ2n) is 5.15. The van der Waals surface area contributed by atoms with Gasteiger partial charge in [0.1, 0.15) is 11.5 Å². The van der Waals surface area contributed by atoms with E-state index in [9.17, 15) is 27.8 Å². The molecule has 0 aromatic heterocycles. The quantitative estimate of drug-likeness (QED) is 0.813. The number of aryl methyl sites for hydroxylation is 2. The summed E-state index contributed by atoms with van der Waals surface area (Å²) in [5.74, 6) is -9.42. The molecule has 0 saturated carbocycles. The molecule has 0 saturated heterocycles. The molecule has 2 rings (SSSR count). The molecule has 118 valence electrons. The van der Waals surface area contributed by atoms with Crippen LogP contribution in [0.5, 0.6) is 11.5 Å². The van der Waals surface area contributed by atoms with Gasteiger partial charge in [0.05, 0.1) is 0 Å². The van der Waals surface area contributed by atoms with Gasteiger partial charge < -0.3 is 10.2 Å². The lowest BCUT2D eigenvalue weighted by atomic mass is 9.94. The Labute approximate surface area is 124 Å². The van der Waals surface area contributed by atoms with Gasteiger partial charge >= 0.3 is 11.8 Å². The van der Waals surface area contributed by atoms with E-state index >= 15 is 0 Å². The van der Waals surface area contributed by atoms with Gasteiger partial charge in [0.25, 0.3) is 0 Å². The zero-order valence-corrected chi connectivity index (χ0v) is 11.9. The fraction of sp³-hybridized carbons (Fsp3) is 0.250. The third-order valence-corrected chi connectivity index (χ3v) is 3.51. The standard InChI is InChI=1S/C16H14F4O2/c1-9-7-11(3-5-13(9)21)15(17,18)16(19,20)12-4-6-14(22)10(2)8-12/h3-8,21-22H,1-2H3. The predicted octanol–water partition coefficient (Wildman–Crippen LogP) is 4.60. The van der Waals surface area contributed by atoms with Crippen LogP contribution in [0.15, 0.2) is 36.4 Å². The van der Waals surface area contributed by atoms with Crippen molar-refractivity contribution < 1.29 is 27.8 Å². The van der Waals surface area contributed by atoms with Crippen LogP contribution in [0, 0.1) is 13.8 Å². The van der Waals surface area contributed by atoms with Crippen LogP contribution in [-0.4, -0.2) is 10.2 Å². The first-order valence-electron chi connectivity index (χ1n) is 6.43. The number of aromatic hydroxyl groups is 2. The maximum atomic E-state index is 14.3. The van der Waals surface area contributed by atoms with Crippen molar-refractivity contribution in [2.45, 2.75) is 25.7 Å². The molecule has 2 aromatic rings. The van der Waals surface area contributed by atoms with Gasteiger partial charge in [0.2, 0.25) is 0 Å². The van der Waals surface area contributed by atoms with Crippen LogP contribution in [0.25, 0.3) is 0 Å². The summed E-state index contributed by atoms with van der Waals surface area (Å²) in [7, 11) is 0. The summed E-state index contributed by atoms with van der Waals surface area (Å²) in [5, 5.41) is 18.7. The van der Waals surface area contributed by atoms with E-state index in [1.807, 2.05) is 0 Å². The van der Waals surface area contributed by atoms with Gasteiger partial charge in [-0.15, -0.1) is 0 Å². The predicted molar refractivity (Wildman–Crippen MR) is 73.5 cm³/mol. The highest BCUT2D eigenvalue weighted by atomic mass is 19.3. The molecule has 2 aromatic carbocycles. The summed E-state index contributed by atoms with van der Waals surface area (Å²) in [4.78, 5) is 0. The van der Waals surface area contributed by atoms with Gasteiger partial charge in [-0.25, -0.2) is 0 Å². The topological polar surface area (TPSA) is 40.5 Å². The van der Waals surface area contributed by atoms with E-state index in [1.54, 1.807) is 0 Å². The minimum absolute atomic E-state index is 0.0786. The van der Waals surface area contributed by atoms with E-state index in [-0.39, 0.29) is 22.6 Å². The molecule has 0 spiro atoms. The molecule has 0 heterocycles. The lowest BCUT2D eigenvalue weighted by Crippen LogP contribution is -2.35. The number of phenolic OH excluding ortho intramolecular Hbond substituents is 2. The number of hydrogen-bond acceptors (Lipinski definition) is 2. The van der Waals surface area contributed by atoms with Crippen molar-refractivity contribution in [2.24, 2.45) is 0 Å². The maximum absolute atomic E-state index is 14.3. The monoisotopic (exact) mass is 314 g/mol. The highest BCUT2D eigenvalue weighted by Gasteiger charge is 2.58. The Bertz CT molecular complexity index is 650. The largest absolute Gasteiger partial charge is 0.508 e. The third kappa shape index (κ3) is 2.49. The molecule has 0 bridgehead atoms. The molecule has 2 N–H and O–H groups in total. The van der Waals surface area contributed by atoms with Crippen LogP contribution >= 0.6 is 0 Å². The Morgan fingerprint density at radius 1 is 0.682 bits per heavy atom. The summed E-state index contributed by atoms with van der Waals surface area (Å²) >= 11 is 0. The fourth-order valence-electron chi connectivity index (χ4n) is 2.06. The van der Waals surface area contributed by atoms with Crippen LogP contribution in [-0.2, 0) is 11.8 Å². The van der Waals surface area contributed by atoms with E-state index in [4.69, 9.17) is 0 Å². The number of hydrogen-bond donors (Lipinski definition) is 2. The third-order valence-electron chi connectivity index (χ3n) is 3.51. The van der Waals surface area contributed by atoms with Crippen molar-refractivity contribution in [2.75, 3.05) is 0 Å². The number of rotatable bonds is 3. The average molecular weight is 314 g/mol. The molecule has 0 aliphatic heterocycles. The Hall–Kier alpha value is -2.24. The van der Waals surface area contributed by atoms with Gasteiger partial charge in [0, 0.05) is 11.1 Å². The number of phenols is 2. The summed E-state index contributed by atoms with van der Waals surface area (Å²) in [6, 6.07) is 5.10. The smallest absolute Gasteiger partial charge is 0.339 e. The molecule has 0 radical (unpaired) electrons. The zero-order valence-electron chi connectivity index (χ0n) is 11.9. The Morgan fingerprint density at radius 2 is 1.00 bits per heavy atom. The Kier molecular flexibility index (Phi) is 3.81. The second kappa shape index (κ2) is 5.19. The first kappa shape index (κ1) is 16.1. The number of halogens is 4. The van der Waals surface area contributed by atoms with E-state index < -0.39 is 23.0 Å². The Morgan fingerprint density at radius 3 is 1.27 bits per heavy atom. The van der Waals surface area contributed by atoms with Gasteiger partial charge in [-0.3, -0.25) is 0 Å².